The summed E-state index contributed by atoms with van der Waals surface area (Å²) in [5.41, 5.74) is 1.57. The lowest BCUT2D eigenvalue weighted by molar-refractivity contribution is -0.126. The van der Waals surface area contributed by atoms with E-state index in [0.717, 1.165) is 0 Å². The van der Waals surface area contributed by atoms with E-state index in [1.54, 1.807) is 78.9 Å². The Morgan fingerprint density at radius 3 is 2.54 bits per heavy atom. The third-order valence-corrected chi connectivity index (χ3v) is 7.27. The van der Waals surface area contributed by atoms with Crippen LogP contribution in [0.15, 0.2) is 107 Å². The number of hydrogen-bond acceptors (Lipinski definition) is 7. The Morgan fingerprint density at radius 2 is 1.83 bits per heavy atom. The van der Waals surface area contributed by atoms with Crippen LogP contribution in [-0.2, 0) is 16.1 Å². The summed E-state index contributed by atoms with van der Waals surface area (Å²) in [6.07, 6.45) is 0.778. The van der Waals surface area contributed by atoms with Crippen LogP contribution in [0.25, 0.3) is 0 Å². The van der Waals surface area contributed by atoms with Gasteiger partial charge in [-0.2, -0.15) is 0 Å². The summed E-state index contributed by atoms with van der Waals surface area (Å²) in [5, 5.41) is 5.05. The van der Waals surface area contributed by atoms with E-state index in [0.29, 0.717) is 33.6 Å². The van der Waals surface area contributed by atoms with E-state index in [-0.39, 0.29) is 12.5 Å². The van der Waals surface area contributed by atoms with Crippen LogP contribution in [0.5, 0.6) is 5.75 Å². The van der Waals surface area contributed by atoms with Crippen molar-refractivity contribution < 1.29 is 27.9 Å². The molecule has 0 bridgehead atoms. The van der Waals surface area contributed by atoms with Gasteiger partial charge in [-0.25, -0.2) is 14.2 Å². The van der Waals surface area contributed by atoms with Gasteiger partial charge in [-0.05, 0) is 67.1 Å². The standard InChI is InChI=1S/C30H25FN4O5S/c1-19(32-30(38)40-24-9-3-2-4-10-24)27(36)33-22-14-12-20(13-15-22)26-28(37)35(18-25-11-6-16-39-25)29(41-26)34-23-8-5-7-21(31)17-23/h2-17,19,26H,18H2,1H3,(H,32,38)(H,33,36)/t19-,26?/m0/s1. The molecule has 0 saturated carbocycles. The molecule has 3 amide bonds. The fourth-order valence-electron chi connectivity index (χ4n) is 3.97. The first-order chi connectivity index (χ1) is 19.9. The van der Waals surface area contributed by atoms with Crippen molar-refractivity contribution in [2.24, 2.45) is 4.99 Å². The van der Waals surface area contributed by atoms with E-state index in [9.17, 15) is 18.8 Å². The number of rotatable bonds is 8. The molecule has 2 N–H and O–H groups in total. The number of halogens is 1. The van der Waals surface area contributed by atoms with Crippen LogP contribution in [0.3, 0.4) is 0 Å². The number of para-hydroxylation sites is 1. The van der Waals surface area contributed by atoms with Gasteiger partial charge < -0.3 is 19.8 Å². The van der Waals surface area contributed by atoms with Gasteiger partial charge in [-0.1, -0.05) is 48.2 Å². The number of aliphatic imine (C=N–C) groups is 1. The van der Waals surface area contributed by atoms with Gasteiger partial charge in [0.15, 0.2) is 5.17 Å². The largest absolute Gasteiger partial charge is 0.467 e. The molecular formula is C30H25FN4O5S. The smallest absolute Gasteiger partial charge is 0.413 e. The maximum Gasteiger partial charge on any atom is 0.413 e. The second-order valence-electron chi connectivity index (χ2n) is 9.06. The van der Waals surface area contributed by atoms with Gasteiger partial charge in [0.1, 0.15) is 28.6 Å². The molecule has 0 spiro atoms. The second kappa shape index (κ2) is 12.5. The van der Waals surface area contributed by atoms with Gasteiger partial charge >= 0.3 is 6.09 Å². The number of benzene rings is 3. The average molecular weight is 573 g/mol. The van der Waals surface area contributed by atoms with Crippen molar-refractivity contribution in [2.75, 3.05) is 5.32 Å². The molecule has 11 heteroatoms. The molecule has 9 nitrogen and oxygen atoms in total. The van der Waals surface area contributed by atoms with Crippen LogP contribution >= 0.6 is 11.8 Å². The maximum absolute atomic E-state index is 13.8. The number of thioether (sulfide) groups is 1. The van der Waals surface area contributed by atoms with E-state index >= 15 is 0 Å². The molecule has 208 valence electrons. The fraction of sp³-hybridized carbons (Fsp3) is 0.133. The summed E-state index contributed by atoms with van der Waals surface area (Å²) < 4.78 is 24.4. The third-order valence-electron chi connectivity index (χ3n) is 6.03. The van der Waals surface area contributed by atoms with Crippen LogP contribution in [0.1, 0.15) is 23.5 Å². The van der Waals surface area contributed by atoms with Gasteiger partial charge in [-0.15, -0.1) is 0 Å². The zero-order valence-corrected chi connectivity index (χ0v) is 22.6. The molecule has 1 fully saturated rings. The predicted molar refractivity (Wildman–Crippen MR) is 153 cm³/mol. The van der Waals surface area contributed by atoms with Gasteiger partial charge in [-0.3, -0.25) is 14.5 Å². The highest BCUT2D eigenvalue weighted by atomic mass is 32.2. The molecule has 2 atom stereocenters. The zero-order chi connectivity index (χ0) is 28.8. The Kier molecular flexibility index (Phi) is 8.44. The molecular weight excluding hydrogens is 547 g/mol. The Balaban J connectivity index is 1.25. The van der Waals surface area contributed by atoms with E-state index in [4.69, 9.17) is 9.15 Å². The number of amidine groups is 1. The van der Waals surface area contributed by atoms with E-state index in [1.807, 2.05) is 0 Å². The van der Waals surface area contributed by atoms with Gasteiger partial charge in [0.25, 0.3) is 0 Å². The van der Waals surface area contributed by atoms with Crippen molar-refractivity contribution in [3.8, 4) is 5.75 Å². The molecule has 1 aromatic heterocycles. The first kappa shape index (κ1) is 27.7. The van der Waals surface area contributed by atoms with Gasteiger partial charge in [0, 0.05) is 5.69 Å². The first-order valence-corrected chi connectivity index (χ1v) is 13.5. The Bertz CT molecular complexity index is 1560. The van der Waals surface area contributed by atoms with Crippen LogP contribution in [0.4, 0.5) is 20.6 Å². The second-order valence-corrected chi connectivity index (χ2v) is 10.1. The number of carbonyl (C=O) groups is 3. The summed E-state index contributed by atoms with van der Waals surface area (Å²) in [7, 11) is 0. The quantitative estimate of drug-likeness (QED) is 0.266. The molecule has 4 aromatic rings. The highest BCUT2D eigenvalue weighted by Crippen LogP contribution is 2.41. The fourth-order valence-corrected chi connectivity index (χ4v) is 5.14. The number of anilines is 1. The number of hydrogen-bond donors (Lipinski definition) is 2. The third kappa shape index (κ3) is 7.00. The van der Waals surface area contributed by atoms with Gasteiger partial charge in [0.05, 0.1) is 18.5 Å². The molecule has 5 rings (SSSR count). The summed E-state index contributed by atoms with van der Waals surface area (Å²) in [6, 6.07) is 23.8. The predicted octanol–water partition coefficient (Wildman–Crippen LogP) is 6.04. The normalized spacial score (nSPS) is 16.4. The van der Waals surface area contributed by atoms with E-state index < -0.39 is 29.1 Å². The first-order valence-electron chi connectivity index (χ1n) is 12.6. The molecule has 1 aliphatic heterocycles. The highest BCUT2D eigenvalue weighted by molar-refractivity contribution is 8.15. The van der Waals surface area contributed by atoms with Crippen molar-refractivity contribution in [3.05, 3.63) is 114 Å². The minimum atomic E-state index is -0.866. The van der Waals surface area contributed by atoms with Crippen LogP contribution in [-0.4, -0.2) is 34.0 Å². The van der Waals surface area contributed by atoms with Crippen molar-refractivity contribution >= 4 is 46.2 Å². The monoisotopic (exact) mass is 572 g/mol. The lowest BCUT2D eigenvalue weighted by Crippen LogP contribution is -2.42. The number of carbonyl (C=O) groups excluding carboxylic acids is 3. The van der Waals surface area contributed by atoms with Crippen LogP contribution < -0.4 is 15.4 Å². The number of nitrogens with one attached hydrogen (secondary N) is 2. The molecule has 41 heavy (non-hydrogen) atoms. The number of amides is 3. The maximum atomic E-state index is 13.8. The lowest BCUT2D eigenvalue weighted by Gasteiger charge is -2.15. The lowest BCUT2D eigenvalue weighted by atomic mass is 10.1. The molecule has 0 radical (unpaired) electrons. The number of furan rings is 1. The SMILES string of the molecule is C[C@H](NC(=O)Oc1ccccc1)C(=O)Nc1ccc(C2SC(=Nc3cccc(F)c3)N(Cc3ccco3)C2=O)cc1. The molecule has 0 aliphatic carbocycles. The molecule has 1 saturated heterocycles. The Morgan fingerprint density at radius 1 is 1.05 bits per heavy atom. The van der Waals surface area contributed by atoms with Crippen LogP contribution in [0.2, 0.25) is 0 Å². The van der Waals surface area contributed by atoms with Gasteiger partial charge in [0.2, 0.25) is 11.8 Å². The summed E-state index contributed by atoms with van der Waals surface area (Å²) in [6.45, 7) is 1.71. The Labute approximate surface area is 239 Å². The minimum absolute atomic E-state index is 0.176. The topological polar surface area (TPSA) is 113 Å². The van der Waals surface area contributed by atoms with E-state index in [2.05, 4.69) is 15.6 Å². The molecule has 1 unspecified atom stereocenters. The van der Waals surface area contributed by atoms with Crippen LogP contribution in [0, 0.1) is 5.82 Å². The Hall–Kier alpha value is -4.90. The van der Waals surface area contributed by atoms with E-state index in [1.165, 1.54) is 42.0 Å². The average Bonchev–Trinajstić information content (AvgIpc) is 3.58. The minimum Gasteiger partial charge on any atom is -0.467 e. The number of ether oxygens (including phenoxy) is 1. The highest BCUT2D eigenvalue weighted by Gasteiger charge is 2.39. The molecule has 3 aromatic carbocycles. The molecule has 1 aliphatic rings. The van der Waals surface area contributed by atoms with Crippen molar-refractivity contribution in [3.63, 3.8) is 0 Å². The summed E-state index contributed by atoms with van der Waals surface area (Å²) in [5.74, 6) is -0.124. The van der Waals surface area contributed by atoms with Crippen molar-refractivity contribution in [2.45, 2.75) is 24.8 Å². The number of nitrogens with zero attached hydrogens (tertiary/aromatic N) is 2. The summed E-state index contributed by atoms with van der Waals surface area (Å²) >= 11 is 1.25. The summed E-state index contributed by atoms with van der Waals surface area (Å²) in [4.78, 5) is 44.2. The molecule has 2 heterocycles. The zero-order valence-electron chi connectivity index (χ0n) is 21.8. The van der Waals surface area contributed by atoms with Crippen molar-refractivity contribution in [1.29, 1.82) is 0 Å². The van der Waals surface area contributed by atoms with Crippen molar-refractivity contribution in [1.82, 2.24) is 10.2 Å².